The van der Waals surface area contributed by atoms with Gasteiger partial charge in [0.1, 0.15) is 0 Å². The van der Waals surface area contributed by atoms with Gasteiger partial charge in [-0.05, 0) is 31.0 Å². The van der Waals surface area contributed by atoms with E-state index in [1.165, 1.54) is 83.5 Å². The van der Waals surface area contributed by atoms with Crippen LogP contribution in [0.4, 0.5) is 0 Å². The number of nitrogens with one attached hydrogen (secondary N) is 1. The Morgan fingerprint density at radius 1 is 0.800 bits per heavy atom. The highest BCUT2D eigenvalue weighted by Crippen LogP contribution is 2.27. The number of carbonyl (C=O) groups excluding carboxylic acids is 1. The maximum atomic E-state index is 11.9. The van der Waals surface area contributed by atoms with Crippen LogP contribution in [0.3, 0.4) is 0 Å². The average Bonchev–Trinajstić information content (AvgIpc) is 2.75. The fourth-order valence-electron chi connectivity index (χ4n) is 3.64. The Bertz CT molecular complexity index is 559. The van der Waals surface area contributed by atoms with Crippen LogP contribution in [0.5, 0.6) is 11.5 Å². The fraction of sp³-hybridized carbons (Fsp3) is 0.731. The zero-order valence-electron chi connectivity index (χ0n) is 19.8. The molecule has 0 saturated heterocycles. The van der Waals surface area contributed by atoms with E-state index >= 15 is 0 Å². The molecule has 4 heteroatoms. The first-order valence-electron chi connectivity index (χ1n) is 12.2. The van der Waals surface area contributed by atoms with E-state index in [2.05, 4.69) is 12.2 Å². The van der Waals surface area contributed by atoms with E-state index in [9.17, 15) is 4.79 Å². The van der Waals surface area contributed by atoms with Gasteiger partial charge in [-0.15, -0.1) is 0 Å². The van der Waals surface area contributed by atoms with Crippen molar-refractivity contribution in [2.75, 3.05) is 20.3 Å². The van der Waals surface area contributed by atoms with Crippen molar-refractivity contribution in [3.63, 3.8) is 0 Å². The van der Waals surface area contributed by atoms with Gasteiger partial charge < -0.3 is 14.8 Å². The molecule has 0 unspecified atom stereocenters. The van der Waals surface area contributed by atoms with E-state index in [-0.39, 0.29) is 12.5 Å². The number of hydrogen-bond donors (Lipinski definition) is 1. The van der Waals surface area contributed by atoms with Gasteiger partial charge in [0.05, 0.1) is 7.11 Å². The van der Waals surface area contributed by atoms with Crippen molar-refractivity contribution in [3.05, 3.63) is 23.8 Å². The van der Waals surface area contributed by atoms with E-state index < -0.39 is 0 Å². The molecule has 0 spiro atoms. The molecular weight excluding hydrogens is 374 g/mol. The van der Waals surface area contributed by atoms with E-state index in [4.69, 9.17) is 9.47 Å². The Morgan fingerprint density at radius 2 is 1.33 bits per heavy atom. The highest BCUT2D eigenvalue weighted by molar-refractivity contribution is 5.77. The van der Waals surface area contributed by atoms with Crippen molar-refractivity contribution in [1.29, 1.82) is 0 Å². The number of benzene rings is 1. The van der Waals surface area contributed by atoms with Crippen molar-refractivity contribution in [1.82, 2.24) is 5.32 Å². The number of rotatable bonds is 19. The molecule has 0 aliphatic carbocycles. The molecule has 1 amide bonds. The lowest BCUT2D eigenvalue weighted by Crippen LogP contribution is -2.29. The zero-order valence-corrected chi connectivity index (χ0v) is 19.8. The van der Waals surface area contributed by atoms with Gasteiger partial charge in [0.15, 0.2) is 18.1 Å². The molecule has 0 bridgehead atoms. The molecule has 1 aromatic rings. The van der Waals surface area contributed by atoms with Crippen molar-refractivity contribution in [2.45, 2.75) is 104 Å². The summed E-state index contributed by atoms with van der Waals surface area (Å²) in [6, 6.07) is 5.70. The SMILES string of the molecule is CCCCCCCCCCCCCCCCNC(=O)COc1ccc(C)cc1OC. The fourth-order valence-corrected chi connectivity index (χ4v) is 3.64. The number of unbranched alkanes of at least 4 members (excludes halogenated alkanes) is 13. The Labute approximate surface area is 185 Å². The Kier molecular flexibility index (Phi) is 15.9. The van der Waals surface area contributed by atoms with Crippen LogP contribution in [-0.2, 0) is 4.79 Å². The summed E-state index contributed by atoms with van der Waals surface area (Å²) >= 11 is 0. The number of ether oxygens (including phenoxy) is 2. The van der Waals surface area contributed by atoms with Gasteiger partial charge in [-0.1, -0.05) is 96.5 Å². The van der Waals surface area contributed by atoms with Crippen LogP contribution in [0.1, 0.15) is 102 Å². The summed E-state index contributed by atoms with van der Waals surface area (Å²) in [5.74, 6) is 1.19. The van der Waals surface area contributed by atoms with Crippen LogP contribution in [0, 0.1) is 6.92 Å². The monoisotopic (exact) mass is 419 g/mol. The second kappa shape index (κ2) is 18.1. The van der Waals surface area contributed by atoms with Crippen molar-refractivity contribution < 1.29 is 14.3 Å². The number of amides is 1. The molecule has 0 aliphatic heterocycles. The first-order chi connectivity index (χ1) is 14.7. The normalized spacial score (nSPS) is 10.8. The van der Waals surface area contributed by atoms with Crippen molar-refractivity contribution >= 4 is 5.91 Å². The topological polar surface area (TPSA) is 47.6 Å². The Morgan fingerprint density at radius 3 is 1.87 bits per heavy atom. The smallest absolute Gasteiger partial charge is 0.257 e. The predicted molar refractivity (Wildman–Crippen MR) is 127 cm³/mol. The van der Waals surface area contributed by atoms with Gasteiger partial charge in [-0.3, -0.25) is 4.79 Å². The molecule has 1 N–H and O–H groups in total. The molecule has 0 saturated carbocycles. The predicted octanol–water partition coefficient (Wildman–Crippen LogP) is 6.98. The van der Waals surface area contributed by atoms with Crippen LogP contribution in [0.25, 0.3) is 0 Å². The number of methoxy groups -OCH3 is 1. The van der Waals surface area contributed by atoms with Crippen LogP contribution >= 0.6 is 0 Å². The van der Waals surface area contributed by atoms with E-state index in [1.54, 1.807) is 7.11 Å². The van der Waals surface area contributed by atoms with E-state index in [1.807, 2.05) is 25.1 Å². The van der Waals surface area contributed by atoms with Crippen molar-refractivity contribution in [2.24, 2.45) is 0 Å². The van der Waals surface area contributed by atoms with E-state index in [0.717, 1.165) is 18.5 Å². The maximum absolute atomic E-state index is 11.9. The van der Waals surface area contributed by atoms with Crippen LogP contribution in [-0.4, -0.2) is 26.2 Å². The number of hydrogen-bond acceptors (Lipinski definition) is 3. The molecule has 0 radical (unpaired) electrons. The largest absolute Gasteiger partial charge is 0.493 e. The van der Waals surface area contributed by atoms with Gasteiger partial charge in [-0.25, -0.2) is 0 Å². The third kappa shape index (κ3) is 13.5. The summed E-state index contributed by atoms with van der Waals surface area (Å²) < 4.78 is 10.9. The van der Waals surface area contributed by atoms with Gasteiger partial charge in [0, 0.05) is 6.54 Å². The quantitative estimate of drug-likeness (QED) is 0.246. The van der Waals surface area contributed by atoms with Gasteiger partial charge in [-0.2, -0.15) is 0 Å². The summed E-state index contributed by atoms with van der Waals surface area (Å²) in [6.45, 7) is 5.02. The summed E-state index contributed by atoms with van der Waals surface area (Å²) in [5, 5.41) is 2.94. The molecule has 1 aromatic carbocycles. The summed E-state index contributed by atoms with van der Waals surface area (Å²) in [5.41, 5.74) is 1.10. The molecule has 0 fully saturated rings. The lowest BCUT2D eigenvalue weighted by Gasteiger charge is -2.11. The molecule has 30 heavy (non-hydrogen) atoms. The molecule has 1 rings (SSSR count). The Balaban J connectivity index is 1.89. The second-order valence-electron chi connectivity index (χ2n) is 8.39. The molecule has 0 heterocycles. The number of carbonyl (C=O) groups is 1. The maximum Gasteiger partial charge on any atom is 0.257 e. The molecule has 0 aliphatic rings. The van der Waals surface area contributed by atoms with Crippen LogP contribution < -0.4 is 14.8 Å². The molecule has 0 aromatic heterocycles. The lowest BCUT2D eigenvalue weighted by molar-refractivity contribution is -0.123. The number of aryl methyl sites for hydroxylation is 1. The molecular formula is C26H45NO3. The van der Waals surface area contributed by atoms with Crippen molar-refractivity contribution in [3.8, 4) is 11.5 Å². The van der Waals surface area contributed by atoms with Gasteiger partial charge in [0.25, 0.3) is 5.91 Å². The molecule has 172 valence electrons. The van der Waals surface area contributed by atoms with Gasteiger partial charge >= 0.3 is 0 Å². The lowest BCUT2D eigenvalue weighted by atomic mass is 10.0. The van der Waals surface area contributed by atoms with Gasteiger partial charge in [0.2, 0.25) is 0 Å². The van der Waals surface area contributed by atoms with Crippen LogP contribution in [0.2, 0.25) is 0 Å². The minimum atomic E-state index is -0.0766. The summed E-state index contributed by atoms with van der Waals surface area (Å²) in [4.78, 5) is 11.9. The molecule has 0 atom stereocenters. The first-order valence-corrected chi connectivity index (χ1v) is 12.2. The standard InChI is InChI=1S/C26H45NO3/c1-4-5-6-7-8-9-10-11-12-13-14-15-16-17-20-27-26(28)22-30-24-19-18-23(2)21-25(24)29-3/h18-19,21H,4-17,20,22H2,1-3H3,(H,27,28). The van der Waals surface area contributed by atoms with E-state index in [0.29, 0.717) is 11.5 Å². The second-order valence-corrected chi connectivity index (χ2v) is 8.39. The minimum Gasteiger partial charge on any atom is -0.493 e. The minimum absolute atomic E-state index is 0.0258. The first kappa shape index (κ1) is 26.3. The third-order valence-corrected chi connectivity index (χ3v) is 5.53. The third-order valence-electron chi connectivity index (χ3n) is 5.53. The van der Waals surface area contributed by atoms with Crippen LogP contribution in [0.15, 0.2) is 18.2 Å². The average molecular weight is 420 g/mol. The molecule has 4 nitrogen and oxygen atoms in total. The summed E-state index contributed by atoms with van der Waals surface area (Å²) in [6.07, 6.45) is 18.8. The highest BCUT2D eigenvalue weighted by atomic mass is 16.5. The highest BCUT2D eigenvalue weighted by Gasteiger charge is 2.07. The summed E-state index contributed by atoms with van der Waals surface area (Å²) in [7, 11) is 1.61. The zero-order chi connectivity index (χ0) is 21.9. The Hall–Kier alpha value is -1.71.